The number of rotatable bonds is 1. The molecule has 2 fully saturated rings. The van der Waals surface area contributed by atoms with E-state index in [1.54, 1.807) is 11.9 Å². The summed E-state index contributed by atoms with van der Waals surface area (Å²) < 4.78 is 0. The molecule has 1 aromatic heterocycles. The zero-order valence-electron chi connectivity index (χ0n) is 8.81. The number of carbonyl (C=O) groups excluding carboxylic acids is 1. The number of urea groups is 1. The van der Waals surface area contributed by atoms with E-state index in [1.807, 2.05) is 0 Å². The van der Waals surface area contributed by atoms with Gasteiger partial charge in [0.1, 0.15) is 0 Å². The maximum Gasteiger partial charge on any atom is 0.344 e. The van der Waals surface area contributed by atoms with Gasteiger partial charge in [-0.2, -0.15) is 4.80 Å². The van der Waals surface area contributed by atoms with Gasteiger partial charge in [-0.05, 0) is 18.1 Å². The standard InChI is InChI=1S/C8H12N6O2/c1-12-10-7(9-11-12)6-3-2-5-4-13(6)8(15)14(5)16/h5-6,16H,2-4H2,1H3/t5-,6+/m0/s1. The molecule has 0 spiro atoms. The van der Waals surface area contributed by atoms with Crippen molar-refractivity contribution in [2.45, 2.75) is 24.9 Å². The maximum atomic E-state index is 11.7. The zero-order chi connectivity index (χ0) is 11.3. The molecular formula is C8H12N6O2. The van der Waals surface area contributed by atoms with Gasteiger partial charge in [0.2, 0.25) is 0 Å². The molecule has 16 heavy (non-hydrogen) atoms. The molecule has 2 atom stereocenters. The van der Waals surface area contributed by atoms with E-state index in [1.165, 1.54) is 4.80 Å². The Hall–Kier alpha value is -1.70. The van der Waals surface area contributed by atoms with Gasteiger partial charge in [-0.15, -0.1) is 10.2 Å². The average molecular weight is 224 g/mol. The summed E-state index contributed by atoms with van der Waals surface area (Å²) in [6.45, 7) is 0.540. The Bertz CT molecular complexity index is 432. The minimum atomic E-state index is -0.361. The number of amides is 2. The van der Waals surface area contributed by atoms with Crippen LogP contribution in [0.2, 0.25) is 0 Å². The molecule has 8 nitrogen and oxygen atoms in total. The number of hydrogen-bond acceptors (Lipinski definition) is 5. The Morgan fingerprint density at radius 3 is 2.94 bits per heavy atom. The fourth-order valence-corrected chi connectivity index (χ4v) is 2.35. The third-order valence-corrected chi connectivity index (χ3v) is 3.17. The molecule has 2 saturated heterocycles. The topological polar surface area (TPSA) is 87.4 Å². The molecule has 86 valence electrons. The Morgan fingerprint density at radius 1 is 1.44 bits per heavy atom. The molecule has 0 radical (unpaired) electrons. The average Bonchev–Trinajstić information content (AvgIpc) is 2.80. The van der Waals surface area contributed by atoms with Crippen molar-refractivity contribution in [1.29, 1.82) is 0 Å². The van der Waals surface area contributed by atoms with E-state index < -0.39 is 0 Å². The normalized spacial score (nSPS) is 29.0. The summed E-state index contributed by atoms with van der Waals surface area (Å²) in [4.78, 5) is 14.7. The van der Waals surface area contributed by atoms with Crippen molar-refractivity contribution in [2.75, 3.05) is 6.54 Å². The Labute approximate surface area is 91.4 Å². The van der Waals surface area contributed by atoms with E-state index in [2.05, 4.69) is 15.4 Å². The number of hydroxylamine groups is 2. The van der Waals surface area contributed by atoms with Crippen LogP contribution in [0.25, 0.3) is 0 Å². The lowest BCUT2D eigenvalue weighted by atomic mass is 10.0. The van der Waals surface area contributed by atoms with Gasteiger partial charge in [-0.1, -0.05) is 0 Å². The van der Waals surface area contributed by atoms with Crippen molar-refractivity contribution >= 4 is 6.03 Å². The second-order valence-corrected chi connectivity index (χ2v) is 4.16. The molecule has 1 N–H and O–H groups in total. The molecule has 1 aromatic rings. The number of nitrogens with zero attached hydrogens (tertiary/aromatic N) is 6. The van der Waals surface area contributed by atoms with Crippen molar-refractivity contribution in [3.05, 3.63) is 5.82 Å². The molecule has 0 aromatic carbocycles. The summed E-state index contributed by atoms with van der Waals surface area (Å²) in [5.41, 5.74) is 0. The van der Waals surface area contributed by atoms with Gasteiger partial charge < -0.3 is 4.90 Å². The Balaban J connectivity index is 1.90. The van der Waals surface area contributed by atoms with Crippen LogP contribution in [0.3, 0.4) is 0 Å². The summed E-state index contributed by atoms with van der Waals surface area (Å²) in [5, 5.41) is 22.1. The third kappa shape index (κ3) is 1.19. The molecular weight excluding hydrogens is 212 g/mol. The van der Waals surface area contributed by atoms with E-state index in [0.29, 0.717) is 12.4 Å². The van der Waals surface area contributed by atoms with E-state index in [-0.39, 0.29) is 18.1 Å². The van der Waals surface area contributed by atoms with Gasteiger partial charge in [0.05, 0.1) is 19.1 Å². The lowest BCUT2D eigenvalue weighted by Crippen LogP contribution is -2.34. The second-order valence-electron chi connectivity index (χ2n) is 4.16. The second kappa shape index (κ2) is 3.14. The lowest BCUT2D eigenvalue weighted by Gasteiger charge is -2.27. The largest absolute Gasteiger partial charge is 0.344 e. The quantitative estimate of drug-likeness (QED) is 0.652. The van der Waals surface area contributed by atoms with Crippen LogP contribution in [-0.2, 0) is 7.05 Å². The summed E-state index contributed by atoms with van der Waals surface area (Å²) in [5.74, 6) is 0.546. The molecule has 8 heteroatoms. The first-order valence-corrected chi connectivity index (χ1v) is 5.19. The van der Waals surface area contributed by atoms with Gasteiger partial charge >= 0.3 is 6.03 Å². The lowest BCUT2D eigenvalue weighted by molar-refractivity contribution is -0.0584. The van der Waals surface area contributed by atoms with E-state index in [4.69, 9.17) is 0 Å². The van der Waals surface area contributed by atoms with Crippen LogP contribution in [-0.4, -0.2) is 54.0 Å². The minimum Gasteiger partial charge on any atom is -0.310 e. The molecule has 2 bridgehead atoms. The highest BCUT2D eigenvalue weighted by Gasteiger charge is 2.46. The molecule has 2 amide bonds. The number of carbonyl (C=O) groups is 1. The van der Waals surface area contributed by atoms with Crippen LogP contribution >= 0.6 is 0 Å². The Morgan fingerprint density at radius 2 is 2.25 bits per heavy atom. The van der Waals surface area contributed by atoms with Gasteiger partial charge in [0.25, 0.3) is 0 Å². The highest BCUT2D eigenvalue weighted by atomic mass is 16.5. The highest BCUT2D eigenvalue weighted by molar-refractivity contribution is 5.76. The molecule has 2 aliphatic rings. The number of fused-ring (bicyclic) bond motifs is 2. The Kier molecular flexibility index (Phi) is 1.87. The zero-order valence-corrected chi connectivity index (χ0v) is 8.81. The van der Waals surface area contributed by atoms with Gasteiger partial charge in [0.15, 0.2) is 5.82 Å². The van der Waals surface area contributed by atoms with Crippen LogP contribution in [0.15, 0.2) is 0 Å². The van der Waals surface area contributed by atoms with Crippen molar-refractivity contribution in [2.24, 2.45) is 7.05 Å². The summed E-state index contributed by atoms with van der Waals surface area (Å²) in [7, 11) is 1.69. The van der Waals surface area contributed by atoms with Crippen molar-refractivity contribution in [1.82, 2.24) is 30.2 Å². The number of aromatic nitrogens is 4. The molecule has 0 saturated carbocycles. The molecule has 3 heterocycles. The van der Waals surface area contributed by atoms with Crippen molar-refractivity contribution in [3.63, 3.8) is 0 Å². The first-order chi connectivity index (χ1) is 7.66. The summed E-state index contributed by atoms with van der Waals surface area (Å²) >= 11 is 0. The van der Waals surface area contributed by atoms with Crippen molar-refractivity contribution < 1.29 is 10.0 Å². The minimum absolute atomic E-state index is 0.0829. The van der Waals surface area contributed by atoms with Crippen LogP contribution in [0, 0.1) is 0 Å². The highest BCUT2D eigenvalue weighted by Crippen LogP contribution is 2.35. The first kappa shape index (κ1) is 9.52. The number of piperidine rings is 1. The molecule has 3 rings (SSSR count). The van der Waals surface area contributed by atoms with Gasteiger partial charge in [-0.25, -0.2) is 9.86 Å². The third-order valence-electron chi connectivity index (χ3n) is 3.17. The summed E-state index contributed by atoms with van der Waals surface area (Å²) in [6, 6.07) is -0.602. The van der Waals surface area contributed by atoms with Crippen molar-refractivity contribution in [3.8, 4) is 0 Å². The predicted octanol–water partition coefficient (Wildman–Crippen LogP) is -0.460. The van der Waals surface area contributed by atoms with Gasteiger partial charge in [-0.3, -0.25) is 5.21 Å². The SMILES string of the molecule is Cn1nnc([C@H]2CC[C@H]3CN2C(=O)N3O)n1. The first-order valence-electron chi connectivity index (χ1n) is 5.19. The molecule has 0 unspecified atom stereocenters. The fourth-order valence-electron chi connectivity index (χ4n) is 2.35. The smallest absolute Gasteiger partial charge is 0.310 e. The molecule has 2 aliphatic heterocycles. The van der Waals surface area contributed by atoms with E-state index >= 15 is 0 Å². The monoisotopic (exact) mass is 224 g/mol. The number of tetrazole rings is 1. The fraction of sp³-hybridized carbons (Fsp3) is 0.750. The van der Waals surface area contributed by atoms with Gasteiger partial charge in [0, 0.05) is 6.54 Å². The summed E-state index contributed by atoms with van der Waals surface area (Å²) in [6.07, 6.45) is 1.53. The maximum absolute atomic E-state index is 11.7. The molecule has 0 aliphatic carbocycles. The van der Waals surface area contributed by atoms with E-state index in [0.717, 1.165) is 17.9 Å². The van der Waals surface area contributed by atoms with Crippen LogP contribution in [0.5, 0.6) is 0 Å². The predicted molar refractivity (Wildman–Crippen MR) is 50.3 cm³/mol. The van der Waals surface area contributed by atoms with Crippen LogP contribution in [0.4, 0.5) is 4.79 Å². The van der Waals surface area contributed by atoms with Crippen LogP contribution < -0.4 is 0 Å². The van der Waals surface area contributed by atoms with Crippen LogP contribution in [0.1, 0.15) is 24.7 Å². The number of hydrogen-bond donors (Lipinski definition) is 1. The number of aryl methyl sites for hydroxylation is 1. The van der Waals surface area contributed by atoms with E-state index in [9.17, 15) is 10.0 Å².